The van der Waals surface area contributed by atoms with E-state index in [0.29, 0.717) is 10.6 Å². The van der Waals surface area contributed by atoms with Crippen LogP contribution >= 0.6 is 0 Å². The van der Waals surface area contributed by atoms with Gasteiger partial charge in [-0.3, -0.25) is 4.84 Å². The molecular weight excluding hydrogens is 250 g/mol. The van der Waals surface area contributed by atoms with E-state index in [1.807, 2.05) is 6.08 Å². The maximum atomic E-state index is 11.4. The van der Waals surface area contributed by atoms with Gasteiger partial charge in [-0.15, -0.1) is 11.3 Å². The van der Waals surface area contributed by atoms with Gasteiger partial charge in [0.15, 0.2) is 0 Å². The van der Waals surface area contributed by atoms with Crippen molar-refractivity contribution in [2.45, 2.75) is 31.8 Å². The molecule has 1 saturated carbocycles. The summed E-state index contributed by atoms with van der Waals surface area (Å²) >= 11 is 0. The third kappa shape index (κ3) is 3.43. The lowest BCUT2D eigenvalue weighted by Gasteiger charge is -2.07. The number of hydrogen-bond acceptors (Lipinski definition) is 5. The summed E-state index contributed by atoms with van der Waals surface area (Å²) in [6.45, 7) is 3.65. The maximum Gasteiger partial charge on any atom is 0.534 e. The average molecular weight is 267 g/mol. The molecule has 0 saturated heterocycles. The van der Waals surface area contributed by atoms with Crippen molar-refractivity contribution in [2.75, 3.05) is 0 Å². The SMILES string of the molecule is C=CCCCC1CC1OC(=O)On1c(O)ccc1O. The number of nitrogens with zero attached hydrogens (tertiary/aromatic N) is 1. The summed E-state index contributed by atoms with van der Waals surface area (Å²) < 4.78 is 5.67. The average Bonchev–Trinajstić information content (AvgIpc) is 3.03. The third-order valence-corrected chi connectivity index (χ3v) is 3.05. The molecule has 2 rings (SSSR count). The van der Waals surface area contributed by atoms with Crippen molar-refractivity contribution in [3.63, 3.8) is 0 Å². The van der Waals surface area contributed by atoms with Gasteiger partial charge in [-0.2, -0.15) is 0 Å². The number of ether oxygens (including phenoxy) is 1. The summed E-state index contributed by atoms with van der Waals surface area (Å²) in [5.41, 5.74) is 0. The Hall–Kier alpha value is -2.11. The van der Waals surface area contributed by atoms with Crippen molar-refractivity contribution >= 4 is 6.16 Å². The third-order valence-electron chi connectivity index (χ3n) is 3.05. The molecule has 0 spiro atoms. The predicted octanol–water partition coefficient (Wildman–Crippen LogP) is 2.21. The van der Waals surface area contributed by atoms with Crippen LogP contribution in [-0.2, 0) is 4.74 Å². The molecule has 1 aromatic heterocycles. The van der Waals surface area contributed by atoms with E-state index in [4.69, 9.17) is 4.74 Å². The highest BCUT2D eigenvalue weighted by Gasteiger charge is 2.40. The van der Waals surface area contributed by atoms with E-state index in [1.165, 1.54) is 12.1 Å². The molecule has 104 valence electrons. The van der Waals surface area contributed by atoms with Crippen LogP contribution in [0.2, 0.25) is 0 Å². The van der Waals surface area contributed by atoms with Crippen LogP contribution in [0.25, 0.3) is 0 Å². The largest absolute Gasteiger partial charge is 0.534 e. The number of rotatable bonds is 6. The van der Waals surface area contributed by atoms with E-state index in [2.05, 4.69) is 11.4 Å². The fraction of sp³-hybridized carbons (Fsp3) is 0.462. The Bertz CT molecular complexity index is 448. The molecule has 2 atom stereocenters. The van der Waals surface area contributed by atoms with Crippen molar-refractivity contribution in [1.29, 1.82) is 0 Å². The second kappa shape index (κ2) is 5.69. The first-order valence-corrected chi connectivity index (χ1v) is 6.21. The lowest BCUT2D eigenvalue weighted by molar-refractivity contribution is 0.0278. The minimum Gasteiger partial charge on any atom is -0.492 e. The molecule has 0 amide bonds. The van der Waals surface area contributed by atoms with E-state index in [1.54, 1.807) is 0 Å². The predicted molar refractivity (Wildman–Crippen MR) is 66.8 cm³/mol. The van der Waals surface area contributed by atoms with Crippen molar-refractivity contribution in [3.8, 4) is 11.8 Å². The Labute approximate surface area is 110 Å². The lowest BCUT2D eigenvalue weighted by Crippen LogP contribution is -2.21. The minimum absolute atomic E-state index is 0.128. The smallest absolute Gasteiger partial charge is 0.492 e. The molecule has 1 aliphatic rings. The zero-order chi connectivity index (χ0) is 13.8. The lowest BCUT2D eigenvalue weighted by atomic mass is 10.2. The number of allylic oxidation sites excluding steroid dienone is 1. The molecule has 1 heterocycles. The number of aromatic nitrogens is 1. The Kier molecular flexibility index (Phi) is 3.99. The highest BCUT2D eigenvalue weighted by Crippen LogP contribution is 2.38. The monoisotopic (exact) mass is 267 g/mol. The topological polar surface area (TPSA) is 80.9 Å². The Morgan fingerprint density at radius 1 is 1.47 bits per heavy atom. The standard InChI is InChI=1S/C13H17NO5/c1-2-3-4-5-9-8-10(9)18-13(17)19-14-11(15)6-7-12(14)16/h2,6-7,9-10,15-16H,1,3-5,8H2. The van der Waals surface area contributed by atoms with Crippen LogP contribution in [0, 0.1) is 5.92 Å². The number of carbonyl (C=O) groups excluding carboxylic acids is 1. The van der Waals surface area contributed by atoms with Gasteiger partial charge >= 0.3 is 6.16 Å². The fourth-order valence-electron chi connectivity index (χ4n) is 1.91. The molecule has 6 nitrogen and oxygen atoms in total. The van der Waals surface area contributed by atoms with E-state index in [0.717, 1.165) is 25.7 Å². The second-order valence-corrected chi connectivity index (χ2v) is 4.56. The second-order valence-electron chi connectivity index (χ2n) is 4.56. The summed E-state index contributed by atoms with van der Waals surface area (Å²) in [5.74, 6) is -0.361. The van der Waals surface area contributed by atoms with Gasteiger partial charge in [-0.05, 0) is 31.6 Å². The zero-order valence-corrected chi connectivity index (χ0v) is 10.5. The van der Waals surface area contributed by atoms with E-state index in [-0.39, 0.29) is 17.9 Å². The summed E-state index contributed by atoms with van der Waals surface area (Å²) in [6, 6.07) is 2.41. The Morgan fingerprint density at radius 2 is 2.16 bits per heavy atom. The van der Waals surface area contributed by atoms with Crippen LogP contribution in [0.15, 0.2) is 24.8 Å². The zero-order valence-electron chi connectivity index (χ0n) is 10.5. The first-order chi connectivity index (χ1) is 9.11. The van der Waals surface area contributed by atoms with Gasteiger partial charge in [0.2, 0.25) is 11.8 Å². The van der Waals surface area contributed by atoms with Gasteiger partial charge in [0.05, 0.1) is 0 Å². The molecule has 1 fully saturated rings. The van der Waals surface area contributed by atoms with Gasteiger partial charge in [0, 0.05) is 12.1 Å². The molecule has 19 heavy (non-hydrogen) atoms. The van der Waals surface area contributed by atoms with Gasteiger partial charge in [-0.1, -0.05) is 6.08 Å². The van der Waals surface area contributed by atoms with Crippen LogP contribution in [-0.4, -0.2) is 27.2 Å². The van der Waals surface area contributed by atoms with Crippen LogP contribution < -0.4 is 4.84 Å². The summed E-state index contributed by atoms with van der Waals surface area (Å²) in [7, 11) is 0. The van der Waals surface area contributed by atoms with Gasteiger partial charge in [0.1, 0.15) is 6.10 Å². The minimum atomic E-state index is -0.932. The number of carbonyl (C=O) groups is 1. The summed E-state index contributed by atoms with van der Waals surface area (Å²) in [5, 5.41) is 18.6. The Balaban J connectivity index is 1.73. The first-order valence-electron chi connectivity index (χ1n) is 6.21. The molecular formula is C13H17NO5. The molecule has 0 aliphatic heterocycles. The van der Waals surface area contributed by atoms with Crippen LogP contribution in [0.3, 0.4) is 0 Å². The molecule has 0 radical (unpaired) electrons. The van der Waals surface area contributed by atoms with Gasteiger partial charge in [-0.25, -0.2) is 4.79 Å². The first kappa shape index (κ1) is 13.3. The highest BCUT2D eigenvalue weighted by atomic mass is 16.8. The molecule has 1 aliphatic carbocycles. The molecule has 1 aromatic rings. The number of unbranched alkanes of at least 4 members (excludes halogenated alkanes) is 1. The normalized spacial score (nSPS) is 20.8. The molecule has 2 unspecified atom stereocenters. The van der Waals surface area contributed by atoms with Crippen LogP contribution in [0.5, 0.6) is 11.8 Å². The molecule has 2 N–H and O–H groups in total. The maximum absolute atomic E-state index is 11.4. The van der Waals surface area contributed by atoms with Gasteiger partial charge < -0.3 is 14.9 Å². The number of aromatic hydroxyl groups is 2. The van der Waals surface area contributed by atoms with E-state index < -0.39 is 6.16 Å². The summed E-state index contributed by atoms with van der Waals surface area (Å²) in [4.78, 5) is 16.1. The van der Waals surface area contributed by atoms with Crippen LogP contribution in [0.4, 0.5) is 4.79 Å². The summed E-state index contributed by atoms with van der Waals surface area (Å²) in [6.07, 6.45) is 4.61. The molecule has 0 bridgehead atoms. The highest BCUT2D eigenvalue weighted by molar-refractivity contribution is 5.61. The quantitative estimate of drug-likeness (QED) is 0.469. The number of hydrogen-bond donors (Lipinski definition) is 2. The van der Waals surface area contributed by atoms with Gasteiger partial charge in [0.25, 0.3) is 0 Å². The molecule has 6 heteroatoms. The van der Waals surface area contributed by atoms with Crippen LogP contribution in [0.1, 0.15) is 25.7 Å². The van der Waals surface area contributed by atoms with E-state index in [9.17, 15) is 15.0 Å². The van der Waals surface area contributed by atoms with Crippen molar-refractivity contribution < 1.29 is 24.6 Å². The Morgan fingerprint density at radius 3 is 2.79 bits per heavy atom. The van der Waals surface area contributed by atoms with Crippen molar-refractivity contribution in [1.82, 2.24) is 4.73 Å². The van der Waals surface area contributed by atoms with Crippen molar-refractivity contribution in [2.24, 2.45) is 5.92 Å². The van der Waals surface area contributed by atoms with Crippen molar-refractivity contribution in [3.05, 3.63) is 24.8 Å². The fourth-order valence-corrected chi connectivity index (χ4v) is 1.91. The molecule has 0 aromatic carbocycles. The van der Waals surface area contributed by atoms with E-state index >= 15 is 0 Å².